The van der Waals surface area contributed by atoms with Crippen LogP contribution in [0.3, 0.4) is 0 Å². The zero-order valence-corrected chi connectivity index (χ0v) is 12.3. The zero-order chi connectivity index (χ0) is 14.5. The Morgan fingerprint density at radius 1 is 1.11 bits per heavy atom. The fraction of sp³-hybridized carbons (Fsp3) is 0.455. The molecule has 1 aromatic carbocycles. The van der Waals surface area contributed by atoms with E-state index in [9.17, 15) is 16.8 Å². The molecule has 0 heterocycles. The van der Waals surface area contributed by atoms with Crippen molar-refractivity contribution in [2.24, 2.45) is 5.14 Å². The third-order valence-electron chi connectivity index (χ3n) is 2.36. The lowest BCUT2D eigenvalue weighted by Crippen LogP contribution is -2.17. The second kappa shape index (κ2) is 6.36. The van der Waals surface area contributed by atoms with Crippen LogP contribution in [0.15, 0.2) is 24.3 Å². The van der Waals surface area contributed by atoms with Crippen LogP contribution in [0.5, 0.6) is 0 Å². The number of unbranched alkanes of at least 4 members (excludes halogenated alkanes) is 1. The molecule has 0 spiro atoms. The van der Waals surface area contributed by atoms with Gasteiger partial charge in [-0.1, -0.05) is 25.5 Å². The molecule has 0 fully saturated rings. The van der Waals surface area contributed by atoms with Gasteiger partial charge in [0.15, 0.2) is 0 Å². The van der Waals surface area contributed by atoms with Gasteiger partial charge in [-0.05, 0) is 24.1 Å². The van der Waals surface area contributed by atoms with Crippen LogP contribution in [-0.2, 0) is 25.8 Å². The van der Waals surface area contributed by atoms with E-state index in [1.807, 2.05) is 6.92 Å². The third kappa shape index (κ3) is 6.55. The summed E-state index contributed by atoms with van der Waals surface area (Å²) in [7, 11) is -6.91. The number of nitrogens with one attached hydrogen (secondary N) is 1. The van der Waals surface area contributed by atoms with E-state index in [2.05, 4.69) is 4.72 Å². The lowest BCUT2D eigenvalue weighted by atomic mass is 10.2. The minimum Gasteiger partial charge on any atom is -0.284 e. The highest BCUT2D eigenvalue weighted by Crippen LogP contribution is 2.13. The Bertz CT molecular complexity index is 607. The first-order valence-corrected chi connectivity index (χ1v) is 9.18. The topological polar surface area (TPSA) is 106 Å². The second-order valence-electron chi connectivity index (χ2n) is 4.28. The molecule has 0 atom stereocenters. The number of anilines is 1. The SMILES string of the molecule is CCCCS(=O)(=O)Nc1ccc(CS(N)(=O)=O)cc1. The van der Waals surface area contributed by atoms with Gasteiger partial charge in [-0.15, -0.1) is 0 Å². The van der Waals surface area contributed by atoms with Crippen LogP contribution in [0.4, 0.5) is 5.69 Å². The number of rotatable bonds is 7. The first kappa shape index (κ1) is 15.9. The van der Waals surface area contributed by atoms with Gasteiger partial charge in [0.1, 0.15) is 0 Å². The van der Waals surface area contributed by atoms with E-state index < -0.39 is 20.0 Å². The Labute approximate surface area is 114 Å². The fourth-order valence-electron chi connectivity index (χ4n) is 1.47. The van der Waals surface area contributed by atoms with Crippen LogP contribution in [0.2, 0.25) is 0 Å². The molecule has 3 N–H and O–H groups in total. The summed E-state index contributed by atoms with van der Waals surface area (Å²) >= 11 is 0. The standard InChI is InChI=1S/C11H18N2O4S2/c1-2-3-8-19(16,17)13-11-6-4-10(5-7-11)9-18(12,14)15/h4-7,13H,2-3,8-9H2,1H3,(H2,12,14,15). The van der Waals surface area contributed by atoms with E-state index in [0.717, 1.165) is 6.42 Å². The molecular weight excluding hydrogens is 288 g/mol. The van der Waals surface area contributed by atoms with Crippen LogP contribution >= 0.6 is 0 Å². The summed E-state index contributed by atoms with van der Waals surface area (Å²) in [5.41, 5.74) is 0.924. The highest BCUT2D eigenvalue weighted by molar-refractivity contribution is 7.92. The summed E-state index contributed by atoms with van der Waals surface area (Å²) in [4.78, 5) is 0. The number of benzene rings is 1. The fourth-order valence-corrected chi connectivity index (χ4v) is 3.39. The van der Waals surface area contributed by atoms with E-state index in [-0.39, 0.29) is 11.5 Å². The first-order valence-electron chi connectivity index (χ1n) is 5.82. The van der Waals surface area contributed by atoms with E-state index in [1.165, 1.54) is 24.3 Å². The van der Waals surface area contributed by atoms with Crippen LogP contribution in [0.1, 0.15) is 25.3 Å². The number of primary sulfonamides is 1. The Hall–Kier alpha value is -1.12. The maximum Gasteiger partial charge on any atom is 0.232 e. The number of hydrogen-bond donors (Lipinski definition) is 2. The molecule has 1 aromatic rings. The average Bonchev–Trinajstić information content (AvgIpc) is 2.27. The lowest BCUT2D eigenvalue weighted by Gasteiger charge is -2.08. The Balaban J connectivity index is 2.72. The van der Waals surface area contributed by atoms with Gasteiger partial charge in [-0.2, -0.15) is 0 Å². The van der Waals surface area contributed by atoms with Crippen molar-refractivity contribution in [1.29, 1.82) is 0 Å². The van der Waals surface area contributed by atoms with Gasteiger partial charge in [0.25, 0.3) is 0 Å². The van der Waals surface area contributed by atoms with Crippen molar-refractivity contribution in [3.05, 3.63) is 29.8 Å². The molecule has 6 nitrogen and oxygen atoms in total. The molecule has 1 rings (SSSR count). The highest BCUT2D eigenvalue weighted by Gasteiger charge is 2.10. The summed E-state index contributed by atoms with van der Waals surface area (Å²) in [5.74, 6) is -0.196. The summed E-state index contributed by atoms with van der Waals surface area (Å²) in [6.45, 7) is 1.91. The Morgan fingerprint density at radius 3 is 2.16 bits per heavy atom. The molecule has 0 unspecified atom stereocenters. The summed E-state index contributed by atoms with van der Waals surface area (Å²) in [6, 6.07) is 6.10. The second-order valence-corrected chi connectivity index (χ2v) is 7.73. The lowest BCUT2D eigenvalue weighted by molar-refractivity contribution is 0.595. The molecule has 0 aliphatic carbocycles. The summed E-state index contributed by atoms with van der Waals surface area (Å²) < 4.78 is 47.5. The molecule has 0 aliphatic heterocycles. The average molecular weight is 306 g/mol. The van der Waals surface area contributed by atoms with E-state index in [0.29, 0.717) is 17.7 Å². The van der Waals surface area contributed by atoms with Crippen molar-refractivity contribution in [2.75, 3.05) is 10.5 Å². The molecule has 0 saturated heterocycles. The minimum absolute atomic E-state index is 0.0719. The molecule has 19 heavy (non-hydrogen) atoms. The maximum absolute atomic E-state index is 11.6. The monoisotopic (exact) mass is 306 g/mol. The zero-order valence-electron chi connectivity index (χ0n) is 10.7. The quantitative estimate of drug-likeness (QED) is 0.784. The maximum atomic E-state index is 11.6. The third-order valence-corrected chi connectivity index (χ3v) is 4.47. The smallest absolute Gasteiger partial charge is 0.232 e. The number of nitrogens with two attached hydrogens (primary N) is 1. The molecular formula is C11H18N2O4S2. The van der Waals surface area contributed by atoms with Crippen molar-refractivity contribution >= 4 is 25.7 Å². The summed E-state index contributed by atoms with van der Waals surface area (Å²) in [6.07, 6.45) is 1.40. The van der Waals surface area contributed by atoms with Crippen molar-refractivity contribution in [2.45, 2.75) is 25.5 Å². The van der Waals surface area contributed by atoms with Crippen molar-refractivity contribution in [1.82, 2.24) is 0 Å². The van der Waals surface area contributed by atoms with Crippen LogP contribution in [0, 0.1) is 0 Å². The molecule has 0 aliphatic rings. The van der Waals surface area contributed by atoms with Gasteiger partial charge in [0.05, 0.1) is 11.5 Å². The van der Waals surface area contributed by atoms with Gasteiger partial charge in [0, 0.05) is 5.69 Å². The largest absolute Gasteiger partial charge is 0.284 e. The molecule has 0 aromatic heterocycles. The van der Waals surface area contributed by atoms with Crippen LogP contribution in [0.25, 0.3) is 0 Å². The van der Waals surface area contributed by atoms with Gasteiger partial charge in [0.2, 0.25) is 20.0 Å². The molecule has 0 saturated carbocycles. The Morgan fingerprint density at radius 2 is 1.68 bits per heavy atom. The molecule has 0 bridgehead atoms. The van der Waals surface area contributed by atoms with E-state index in [1.54, 1.807) is 0 Å². The van der Waals surface area contributed by atoms with Gasteiger partial charge in [-0.25, -0.2) is 22.0 Å². The van der Waals surface area contributed by atoms with E-state index in [4.69, 9.17) is 5.14 Å². The first-order chi connectivity index (χ1) is 8.72. The normalized spacial score (nSPS) is 12.3. The molecule has 108 valence electrons. The Kier molecular flexibility index (Phi) is 5.33. The molecule has 0 radical (unpaired) electrons. The highest BCUT2D eigenvalue weighted by atomic mass is 32.2. The van der Waals surface area contributed by atoms with E-state index >= 15 is 0 Å². The molecule has 8 heteroatoms. The van der Waals surface area contributed by atoms with Crippen molar-refractivity contribution in [3.63, 3.8) is 0 Å². The number of hydrogen-bond acceptors (Lipinski definition) is 4. The minimum atomic E-state index is -3.58. The predicted octanol–water partition coefficient (Wildman–Crippen LogP) is 1.02. The summed E-state index contributed by atoms with van der Waals surface area (Å²) in [5, 5.41) is 4.92. The van der Waals surface area contributed by atoms with Crippen molar-refractivity contribution in [3.8, 4) is 0 Å². The predicted molar refractivity (Wildman–Crippen MR) is 75.6 cm³/mol. The van der Waals surface area contributed by atoms with Crippen LogP contribution < -0.4 is 9.86 Å². The van der Waals surface area contributed by atoms with Crippen LogP contribution in [-0.4, -0.2) is 22.6 Å². The van der Waals surface area contributed by atoms with Crippen molar-refractivity contribution < 1.29 is 16.8 Å². The number of sulfonamides is 2. The van der Waals surface area contributed by atoms with Gasteiger partial charge < -0.3 is 0 Å². The van der Waals surface area contributed by atoms with Gasteiger partial charge in [-0.3, -0.25) is 4.72 Å². The van der Waals surface area contributed by atoms with Gasteiger partial charge >= 0.3 is 0 Å². The molecule has 0 amide bonds.